The molecule has 5 nitrogen and oxygen atoms in total. The van der Waals surface area contributed by atoms with Crippen molar-refractivity contribution in [3.05, 3.63) is 28.4 Å². The van der Waals surface area contributed by atoms with Crippen LogP contribution in [-0.4, -0.2) is 15.0 Å². The number of aryl methyl sites for hydroxylation is 1. The zero-order chi connectivity index (χ0) is 9.42. The quantitative estimate of drug-likeness (QED) is 0.600. The Hall–Kier alpha value is -1.91. The van der Waals surface area contributed by atoms with E-state index in [1.54, 1.807) is 13.0 Å². The van der Waals surface area contributed by atoms with E-state index in [-0.39, 0.29) is 5.56 Å². The molecular formula is C8H8N4O. The summed E-state index contributed by atoms with van der Waals surface area (Å²) in [7, 11) is 0. The van der Waals surface area contributed by atoms with Gasteiger partial charge in [-0.05, 0) is 13.0 Å². The first-order valence-electron chi connectivity index (χ1n) is 3.79. The zero-order valence-electron chi connectivity index (χ0n) is 7.03. The van der Waals surface area contributed by atoms with Crippen molar-refractivity contribution in [2.75, 3.05) is 5.73 Å². The van der Waals surface area contributed by atoms with Crippen molar-refractivity contribution >= 4 is 16.7 Å². The number of nitrogens with one attached hydrogen (secondary N) is 1. The number of nitrogens with zero attached hydrogens (tertiary/aromatic N) is 2. The van der Waals surface area contributed by atoms with E-state index in [9.17, 15) is 4.79 Å². The van der Waals surface area contributed by atoms with Crippen molar-refractivity contribution in [2.45, 2.75) is 6.92 Å². The molecule has 0 amide bonds. The molecule has 2 heterocycles. The van der Waals surface area contributed by atoms with Gasteiger partial charge in [0, 0.05) is 0 Å². The Bertz CT molecular complexity index is 517. The van der Waals surface area contributed by atoms with E-state index in [0.29, 0.717) is 22.5 Å². The van der Waals surface area contributed by atoms with Gasteiger partial charge in [-0.25, -0.2) is 9.97 Å². The molecule has 0 aromatic carbocycles. The predicted molar refractivity (Wildman–Crippen MR) is 49.3 cm³/mol. The monoisotopic (exact) mass is 176 g/mol. The average Bonchev–Trinajstić information content (AvgIpc) is 2.06. The Kier molecular flexibility index (Phi) is 1.51. The summed E-state index contributed by atoms with van der Waals surface area (Å²) in [5.74, 6) is 0.551. The van der Waals surface area contributed by atoms with Gasteiger partial charge < -0.3 is 10.7 Å². The van der Waals surface area contributed by atoms with Crippen molar-refractivity contribution < 1.29 is 0 Å². The van der Waals surface area contributed by atoms with Crippen molar-refractivity contribution in [3.8, 4) is 0 Å². The van der Waals surface area contributed by atoms with Crippen LogP contribution in [0.1, 0.15) is 5.82 Å². The molecule has 0 saturated heterocycles. The molecule has 2 aromatic heterocycles. The molecule has 0 aliphatic heterocycles. The second kappa shape index (κ2) is 2.55. The van der Waals surface area contributed by atoms with Crippen LogP contribution in [0.3, 0.4) is 0 Å². The van der Waals surface area contributed by atoms with E-state index < -0.39 is 0 Å². The van der Waals surface area contributed by atoms with Gasteiger partial charge in [0.15, 0.2) is 5.65 Å². The van der Waals surface area contributed by atoms with Gasteiger partial charge in [0.1, 0.15) is 5.82 Å². The Morgan fingerprint density at radius 1 is 1.54 bits per heavy atom. The molecule has 0 saturated carbocycles. The summed E-state index contributed by atoms with van der Waals surface area (Å²) in [4.78, 5) is 21.9. The fraction of sp³-hybridized carbons (Fsp3) is 0.125. The minimum atomic E-state index is -0.206. The number of nitrogens with two attached hydrogens (primary N) is 1. The number of hydrogen-bond donors (Lipinski definition) is 2. The molecular weight excluding hydrogens is 168 g/mol. The number of aromatic amines is 1. The number of fused-ring (bicyclic) bond motifs is 1. The molecule has 0 atom stereocenters. The number of H-pyrrole nitrogens is 1. The number of hydrogen-bond acceptors (Lipinski definition) is 4. The molecule has 0 aliphatic carbocycles. The van der Waals surface area contributed by atoms with Gasteiger partial charge in [-0.2, -0.15) is 0 Å². The zero-order valence-corrected chi connectivity index (χ0v) is 7.03. The molecule has 13 heavy (non-hydrogen) atoms. The first-order chi connectivity index (χ1) is 6.16. The average molecular weight is 176 g/mol. The van der Waals surface area contributed by atoms with Gasteiger partial charge in [-0.15, -0.1) is 0 Å². The highest BCUT2D eigenvalue weighted by Crippen LogP contribution is 2.07. The number of pyridine rings is 1. The van der Waals surface area contributed by atoms with Crippen LogP contribution < -0.4 is 11.3 Å². The van der Waals surface area contributed by atoms with E-state index >= 15 is 0 Å². The lowest BCUT2D eigenvalue weighted by Gasteiger charge is -1.97. The smallest absolute Gasteiger partial charge is 0.260 e. The predicted octanol–water partition coefficient (Wildman–Crippen LogP) is 0.209. The molecule has 0 fully saturated rings. The highest BCUT2D eigenvalue weighted by molar-refractivity contribution is 5.76. The van der Waals surface area contributed by atoms with Crippen molar-refractivity contribution in [1.29, 1.82) is 0 Å². The van der Waals surface area contributed by atoms with Gasteiger partial charge in [-0.3, -0.25) is 4.79 Å². The van der Waals surface area contributed by atoms with E-state index in [2.05, 4.69) is 15.0 Å². The summed E-state index contributed by atoms with van der Waals surface area (Å²) in [6, 6.07) is 1.56. The molecule has 0 spiro atoms. The number of rotatable bonds is 0. The molecule has 0 bridgehead atoms. The van der Waals surface area contributed by atoms with Gasteiger partial charge in [0.05, 0.1) is 17.3 Å². The Morgan fingerprint density at radius 3 is 3.08 bits per heavy atom. The SMILES string of the molecule is Cc1nc2ncc(N)cc2c(=O)[nH]1. The first kappa shape index (κ1) is 7.72. The van der Waals surface area contributed by atoms with Crippen LogP contribution in [0.15, 0.2) is 17.1 Å². The summed E-state index contributed by atoms with van der Waals surface area (Å²) in [5, 5.41) is 0.422. The lowest BCUT2D eigenvalue weighted by atomic mass is 10.3. The summed E-state index contributed by atoms with van der Waals surface area (Å²) in [5.41, 5.74) is 6.17. The fourth-order valence-electron chi connectivity index (χ4n) is 1.15. The largest absolute Gasteiger partial charge is 0.397 e. The molecule has 66 valence electrons. The minimum absolute atomic E-state index is 0.206. The summed E-state index contributed by atoms with van der Waals surface area (Å²) < 4.78 is 0. The number of aromatic nitrogens is 3. The van der Waals surface area contributed by atoms with Gasteiger partial charge in [-0.1, -0.05) is 0 Å². The van der Waals surface area contributed by atoms with E-state index in [4.69, 9.17) is 5.73 Å². The second-order valence-corrected chi connectivity index (χ2v) is 2.79. The molecule has 3 N–H and O–H groups in total. The highest BCUT2D eigenvalue weighted by atomic mass is 16.1. The lowest BCUT2D eigenvalue weighted by Crippen LogP contribution is -2.10. The highest BCUT2D eigenvalue weighted by Gasteiger charge is 2.01. The van der Waals surface area contributed by atoms with Crippen molar-refractivity contribution in [2.24, 2.45) is 0 Å². The maximum absolute atomic E-state index is 11.4. The van der Waals surface area contributed by atoms with Crippen LogP contribution >= 0.6 is 0 Å². The number of anilines is 1. The molecule has 2 rings (SSSR count). The maximum atomic E-state index is 11.4. The standard InChI is InChI=1S/C8H8N4O/c1-4-11-7-6(8(13)12-4)2-5(9)3-10-7/h2-3H,9H2,1H3,(H,10,11,12,13). The Balaban J connectivity index is 2.95. The minimum Gasteiger partial charge on any atom is -0.397 e. The first-order valence-corrected chi connectivity index (χ1v) is 3.79. The van der Waals surface area contributed by atoms with E-state index in [1.807, 2.05) is 0 Å². The summed E-state index contributed by atoms with van der Waals surface area (Å²) >= 11 is 0. The van der Waals surface area contributed by atoms with Crippen LogP contribution in [0.25, 0.3) is 11.0 Å². The Morgan fingerprint density at radius 2 is 2.31 bits per heavy atom. The van der Waals surface area contributed by atoms with E-state index in [1.165, 1.54) is 6.20 Å². The molecule has 0 radical (unpaired) electrons. The van der Waals surface area contributed by atoms with Crippen LogP contribution in [0.2, 0.25) is 0 Å². The van der Waals surface area contributed by atoms with Crippen molar-refractivity contribution in [1.82, 2.24) is 15.0 Å². The van der Waals surface area contributed by atoms with Gasteiger partial charge in [0.2, 0.25) is 0 Å². The van der Waals surface area contributed by atoms with Crippen molar-refractivity contribution in [3.63, 3.8) is 0 Å². The summed E-state index contributed by atoms with van der Waals surface area (Å²) in [6.07, 6.45) is 1.48. The third-order valence-electron chi connectivity index (χ3n) is 1.70. The molecule has 0 aliphatic rings. The van der Waals surface area contributed by atoms with Gasteiger partial charge in [0.25, 0.3) is 5.56 Å². The molecule has 2 aromatic rings. The number of nitrogen functional groups attached to an aromatic ring is 1. The maximum Gasteiger partial charge on any atom is 0.260 e. The van der Waals surface area contributed by atoms with Crippen LogP contribution in [0.4, 0.5) is 5.69 Å². The second-order valence-electron chi connectivity index (χ2n) is 2.79. The third-order valence-corrected chi connectivity index (χ3v) is 1.70. The van der Waals surface area contributed by atoms with Gasteiger partial charge >= 0.3 is 0 Å². The topological polar surface area (TPSA) is 84.7 Å². The lowest BCUT2D eigenvalue weighted by molar-refractivity contribution is 1.04. The summed E-state index contributed by atoms with van der Waals surface area (Å²) in [6.45, 7) is 1.71. The van der Waals surface area contributed by atoms with Crippen LogP contribution in [0, 0.1) is 6.92 Å². The van der Waals surface area contributed by atoms with Crippen LogP contribution in [0.5, 0.6) is 0 Å². The van der Waals surface area contributed by atoms with Crippen LogP contribution in [-0.2, 0) is 0 Å². The fourth-order valence-corrected chi connectivity index (χ4v) is 1.15. The van der Waals surface area contributed by atoms with E-state index in [0.717, 1.165) is 0 Å². The third kappa shape index (κ3) is 1.24. The normalized spacial score (nSPS) is 10.5. The Labute approximate surface area is 73.6 Å². The molecule has 5 heteroatoms. The molecule has 0 unspecified atom stereocenters.